The van der Waals surface area contributed by atoms with Crippen molar-refractivity contribution in [3.8, 4) is 0 Å². The third kappa shape index (κ3) is 3.51. The Kier molecular flexibility index (Phi) is 5.43. The Balaban J connectivity index is 1.78. The average Bonchev–Trinajstić information content (AvgIpc) is 2.98. The second-order valence-corrected chi connectivity index (χ2v) is 5.76. The lowest BCUT2D eigenvalue weighted by Crippen LogP contribution is -2.37. The van der Waals surface area contributed by atoms with E-state index in [1.165, 1.54) is 19.4 Å². The summed E-state index contributed by atoms with van der Waals surface area (Å²) in [6.07, 6.45) is -2.37. The summed E-state index contributed by atoms with van der Waals surface area (Å²) in [4.78, 5) is 28.2. The van der Waals surface area contributed by atoms with E-state index in [0.717, 1.165) is 4.57 Å². The molecule has 1 aromatic heterocycles. The molecule has 0 aliphatic carbocycles. The fourth-order valence-corrected chi connectivity index (χ4v) is 2.84. The van der Waals surface area contributed by atoms with Gasteiger partial charge in [0.2, 0.25) is 0 Å². The monoisotopic (exact) mass is 361 g/mol. The molecule has 1 fully saturated rings. The Bertz CT molecular complexity index is 825. The van der Waals surface area contributed by atoms with Crippen LogP contribution in [0, 0.1) is 0 Å². The van der Waals surface area contributed by atoms with Gasteiger partial charge < -0.3 is 25.0 Å². The standard InChI is InChI=1S/C17H19N3O6/c1-25-14-11(9-21)26-16(13(14)22)20-8-7-12(19-17(20)24)18-15(23)10-5-3-2-4-6-10/h2-8,11,13-14,16,21-22H,9H2,1H3,(H,18,19,23,24)/t11-,13+,14?,16-/m1/s1. The number of carbonyl (C=O) groups is 1. The molecular formula is C17H19N3O6. The number of hydrogen-bond acceptors (Lipinski definition) is 7. The van der Waals surface area contributed by atoms with Crippen LogP contribution in [0.2, 0.25) is 0 Å². The largest absolute Gasteiger partial charge is 0.394 e. The third-order valence-electron chi connectivity index (χ3n) is 4.14. The number of amides is 1. The highest BCUT2D eigenvalue weighted by molar-refractivity contribution is 6.03. The predicted octanol–water partition coefficient (Wildman–Crippen LogP) is -0.239. The molecule has 3 N–H and O–H groups in total. The number of benzene rings is 1. The highest BCUT2D eigenvalue weighted by Gasteiger charge is 2.45. The molecule has 0 radical (unpaired) electrons. The van der Waals surface area contributed by atoms with Crippen LogP contribution >= 0.6 is 0 Å². The maximum Gasteiger partial charge on any atom is 0.351 e. The molecule has 2 heterocycles. The highest BCUT2D eigenvalue weighted by Crippen LogP contribution is 2.29. The number of aliphatic hydroxyl groups is 2. The molecular weight excluding hydrogens is 342 g/mol. The normalized spacial score (nSPS) is 25.2. The second-order valence-electron chi connectivity index (χ2n) is 5.76. The minimum absolute atomic E-state index is 0.0783. The van der Waals surface area contributed by atoms with Gasteiger partial charge in [-0.25, -0.2) is 4.79 Å². The lowest BCUT2D eigenvalue weighted by molar-refractivity contribution is -0.0568. The van der Waals surface area contributed by atoms with E-state index in [0.29, 0.717) is 5.56 Å². The van der Waals surface area contributed by atoms with Crippen molar-refractivity contribution in [2.24, 2.45) is 0 Å². The Morgan fingerprint density at radius 2 is 2.08 bits per heavy atom. The van der Waals surface area contributed by atoms with E-state index in [4.69, 9.17) is 9.47 Å². The number of aromatic nitrogens is 2. The van der Waals surface area contributed by atoms with Gasteiger partial charge in [0.1, 0.15) is 24.1 Å². The molecule has 3 rings (SSSR count). The minimum atomic E-state index is -1.15. The van der Waals surface area contributed by atoms with Crippen LogP contribution in [0.25, 0.3) is 0 Å². The maximum atomic E-state index is 12.3. The molecule has 1 aliphatic rings. The first-order valence-corrected chi connectivity index (χ1v) is 7.98. The lowest BCUT2D eigenvalue weighted by Gasteiger charge is -2.18. The van der Waals surface area contributed by atoms with Gasteiger partial charge in [0.15, 0.2) is 6.23 Å². The van der Waals surface area contributed by atoms with Crippen molar-refractivity contribution in [1.29, 1.82) is 0 Å². The maximum absolute atomic E-state index is 12.3. The summed E-state index contributed by atoms with van der Waals surface area (Å²) in [6, 6.07) is 9.94. The third-order valence-corrected chi connectivity index (χ3v) is 4.14. The smallest absolute Gasteiger partial charge is 0.351 e. The van der Waals surface area contributed by atoms with E-state index in [2.05, 4.69) is 10.3 Å². The van der Waals surface area contributed by atoms with Gasteiger partial charge in [-0.1, -0.05) is 18.2 Å². The van der Waals surface area contributed by atoms with Crippen molar-refractivity contribution in [2.75, 3.05) is 19.0 Å². The van der Waals surface area contributed by atoms with Crippen molar-refractivity contribution >= 4 is 11.7 Å². The molecule has 0 bridgehead atoms. The Labute approximate surface area is 148 Å². The number of nitrogens with zero attached hydrogens (tertiary/aromatic N) is 2. The fourth-order valence-electron chi connectivity index (χ4n) is 2.84. The average molecular weight is 361 g/mol. The summed E-state index contributed by atoms with van der Waals surface area (Å²) < 4.78 is 11.7. The zero-order valence-electron chi connectivity index (χ0n) is 14.0. The number of hydrogen-bond donors (Lipinski definition) is 3. The van der Waals surface area contributed by atoms with E-state index < -0.39 is 36.1 Å². The van der Waals surface area contributed by atoms with Crippen LogP contribution in [0.5, 0.6) is 0 Å². The van der Waals surface area contributed by atoms with Crippen molar-refractivity contribution in [1.82, 2.24) is 9.55 Å². The van der Waals surface area contributed by atoms with E-state index in [1.807, 2.05) is 0 Å². The molecule has 1 saturated heterocycles. The van der Waals surface area contributed by atoms with Crippen LogP contribution in [-0.4, -0.2) is 57.7 Å². The molecule has 138 valence electrons. The molecule has 1 aliphatic heterocycles. The topological polar surface area (TPSA) is 123 Å². The summed E-state index contributed by atoms with van der Waals surface area (Å²) >= 11 is 0. The van der Waals surface area contributed by atoms with Gasteiger partial charge in [-0.3, -0.25) is 9.36 Å². The minimum Gasteiger partial charge on any atom is -0.394 e. The number of ether oxygens (including phenoxy) is 2. The molecule has 0 saturated carbocycles. The summed E-state index contributed by atoms with van der Waals surface area (Å²) in [5.41, 5.74) is -0.282. The van der Waals surface area contributed by atoms with Gasteiger partial charge in [-0.05, 0) is 18.2 Å². The van der Waals surface area contributed by atoms with Crippen LogP contribution in [0.3, 0.4) is 0 Å². The van der Waals surface area contributed by atoms with Crippen molar-refractivity contribution in [2.45, 2.75) is 24.5 Å². The number of carbonyl (C=O) groups excluding carboxylic acids is 1. The molecule has 0 spiro atoms. The quantitative estimate of drug-likeness (QED) is 0.672. The first-order chi connectivity index (χ1) is 12.5. The lowest BCUT2D eigenvalue weighted by atomic mass is 10.1. The number of aliphatic hydroxyl groups excluding tert-OH is 2. The van der Waals surface area contributed by atoms with Crippen molar-refractivity contribution < 1.29 is 24.5 Å². The van der Waals surface area contributed by atoms with Gasteiger partial charge >= 0.3 is 5.69 Å². The summed E-state index contributed by atoms with van der Waals surface area (Å²) in [7, 11) is 1.38. The van der Waals surface area contributed by atoms with Crippen LogP contribution in [-0.2, 0) is 9.47 Å². The number of methoxy groups -OCH3 is 1. The molecule has 1 amide bonds. The van der Waals surface area contributed by atoms with Gasteiger partial charge in [0.05, 0.1) is 6.61 Å². The summed E-state index contributed by atoms with van der Waals surface area (Å²) in [6.45, 7) is -0.362. The fraction of sp³-hybridized carbons (Fsp3) is 0.353. The van der Waals surface area contributed by atoms with Gasteiger partial charge in [-0.2, -0.15) is 4.98 Å². The van der Waals surface area contributed by atoms with Crippen LogP contribution in [0.15, 0.2) is 47.4 Å². The zero-order chi connectivity index (χ0) is 18.7. The van der Waals surface area contributed by atoms with Crippen LogP contribution in [0.4, 0.5) is 5.82 Å². The number of nitrogens with one attached hydrogen (secondary N) is 1. The van der Waals surface area contributed by atoms with Crippen LogP contribution < -0.4 is 11.0 Å². The molecule has 1 aromatic carbocycles. The first-order valence-electron chi connectivity index (χ1n) is 7.98. The predicted molar refractivity (Wildman–Crippen MR) is 90.7 cm³/mol. The number of anilines is 1. The molecule has 2 aromatic rings. The van der Waals surface area contributed by atoms with Gasteiger partial charge in [-0.15, -0.1) is 0 Å². The molecule has 9 nitrogen and oxygen atoms in total. The summed E-state index contributed by atoms with van der Waals surface area (Å²) in [5, 5.41) is 22.1. The molecule has 9 heteroatoms. The Morgan fingerprint density at radius 3 is 2.65 bits per heavy atom. The van der Waals surface area contributed by atoms with E-state index in [1.54, 1.807) is 30.3 Å². The first kappa shape index (κ1) is 18.2. The Morgan fingerprint density at radius 1 is 1.35 bits per heavy atom. The zero-order valence-corrected chi connectivity index (χ0v) is 14.0. The van der Waals surface area contributed by atoms with Crippen molar-refractivity contribution in [3.05, 3.63) is 58.6 Å². The number of rotatable bonds is 5. The highest BCUT2D eigenvalue weighted by atomic mass is 16.6. The second kappa shape index (κ2) is 7.75. The van der Waals surface area contributed by atoms with E-state index in [-0.39, 0.29) is 12.4 Å². The molecule has 26 heavy (non-hydrogen) atoms. The Hall–Kier alpha value is -2.59. The van der Waals surface area contributed by atoms with Gasteiger partial charge in [0, 0.05) is 18.9 Å². The van der Waals surface area contributed by atoms with E-state index in [9.17, 15) is 19.8 Å². The van der Waals surface area contributed by atoms with Gasteiger partial charge in [0.25, 0.3) is 5.91 Å². The molecule has 1 unspecified atom stereocenters. The van der Waals surface area contributed by atoms with E-state index >= 15 is 0 Å². The van der Waals surface area contributed by atoms with Crippen LogP contribution in [0.1, 0.15) is 16.6 Å². The molecule has 4 atom stereocenters. The summed E-state index contributed by atoms with van der Waals surface area (Å²) in [5.74, 6) is -0.318. The SMILES string of the molecule is COC1[C@@H](CO)O[C@@H](n2ccc(NC(=O)c3ccccc3)nc2=O)[C@H]1O. The van der Waals surface area contributed by atoms with Crippen molar-refractivity contribution in [3.63, 3.8) is 0 Å².